The fourth-order valence-electron chi connectivity index (χ4n) is 3.07. The molecule has 4 rings (SSSR count). The number of aromatic hydroxyl groups is 1. The topological polar surface area (TPSA) is 49.6 Å². The zero-order chi connectivity index (χ0) is 18.1. The van der Waals surface area contributed by atoms with Crippen LogP contribution in [0.2, 0.25) is 0 Å². The first-order valence-corrected chi connectivity index (χ1v) is 8.68. The SMILES string of the molecule is Cc1ccc(CNc2c(-c3ccccc3O)nc3cc(C)ccn23)cc1. The summed E-state index contributed by atoms with van der Waals surface area (Å²) in [4.78, 5) is 4.77. The summed E-state index contributed by atoms with van der Waals surface area (Å²) >= 11 is 0. The standard InChI is InChI=1S/C22H21N3O/c1-15-7-9-17(10-8-15)14-23-22-21(18-5-3-4-6-19(18)26)24-20-13-16(2)11-12-25(20)22/h3-13,23,26H,14H2,1-2H3. The van der Waals surface area contributed by atoms with Gasteiger partial charge in [-0.25, -0.2) is 4.98 Å². The number of aryl methyl sites for hydroxylation is 2. The van der Waals surface area contributed by atoms with E-state index in [1.54, 1.807) is 6.07 Å². The number of nitrogens with zero attached hydrogens (tertiary/aromatic N) is 2. The molecule has 0 aliphatic heterocycles. The summed E-state index contributed by atoms with van der Waals surface area (Å²) in [5, 5.41) is 13.8. The predicted molar refractivity (Wildman–Crippen MR) is 106 cm³/mol. The highest BCUT2D eigenvalue weighted by Gasteiger charge is 2.16. The average molecular weight is 343 g/mol. The molecule has 0 unspecified atom stereocenters. The summed E-state index contributed by atoms with van der Waals surface area (Å²) in [6, 6.07) is 19.9. The molecule has 2 heterocycles. The summed E-state index contributed by atoms with van der Waals surface area (Å²) in [7, 11) is 0. The van der Waals surface area contributed by atoms with Crippen LogP contribution in [0.3, 0.4) is 0 Å². The van der Waals surface area contributed by atoms with Gasteiger partial charge in [0.15, 0.2) is 0 Å². The smallest absolute Gasteiger partial charge is 0.139 e. The Bertz CT molecular complexity index is 1060. The molecule has 0 bridgehead atoms. The van der Waals surface area contributed by atoms with Crippen LogP contribution in [-0.2, 0) is 6.54 Å². The van der Waals surface area contributed by atoms with Crippen molar-refractivity contribution in [3.63, 3.8) is 0 Å². The van der Waals surface area contributed by atoms with Gasteiger partial charge in [-0.05, 0) is 49.2 Å². The van der Waals surface area contributed by atoms with Gasteiger partial charge in [-0.2, -0.15) is 0 Å². The molecule has 0 aliphatic carbocycles. The Kier molecular flexibility index (Phi) is 4.09. The molecule has 0 saturated carbocycles. The van der Waals surface area contributed by atoms with Crippen molar-refractivity contribution in [1.29, 1.82) is 0 Å². The Hall–Kier alpha value is -3.27. The Morgan fingerprint density at radius 1 is 0.962 bits per heavy atom. The molecule has 0 atom stereocenters. The van der Waals surface area contributed by atoms with Crippen LogP contribution in [0.4, 0.5) is 5.82 Å². The first-order chi connectivity index (χ1) is 12.6. The van der Waals surface area contributed by atoms with Crippen LogP contribution in [-0.4, -0.2) is 14.5 Å². The largest absolute Gasteiger partial charge is 0.507 e. The number of fused-ring (bicyclic) bond motifs is 1. The summed E-state index contributed by atoms with van der Waals surface area (Å²) in [5.41, 5.74) is 5.92. The second-order valence-electron chi connectivity index (χ2n) is 6.60. The van der Waals surface area contributed by atoms with Crippen molar-refractivity contribution in [1.82, 2.24) is 9.38 Å². The summed E-state index contributed by atoms with van der Waals surface area (Å²) in [5.74, 6) is 1.10. The molecule has 0 aliphatic rings. The van der Waals surface area contributed by atoms with Gasteiger partial charge in [0.1, 0.15) is 22.9 Å². The molecule has 26 heavy (non-hydrogen) atoms. The molecule has 4 heteroatoms. The molecule has 2 aromatic carbocycles. The number of aromatic nitrogens is 2. The number of phenols is 1. The third kappa shape index (κ3) is 3.02. The average Bonchev–Trinajstić information content (AvgIpc) is 2.99. The van der Waals surface area contributed by atoms with Gasteiger partial charge < -0.3 is 10.4 Å². The highest BCUT2D eigenvalue weighted by molar-refractivity contribution is 5.80. The maximum absolute atomic E-state index is 10.3. The molecule has 4 nitrogen and oxygen atoms in total. The number of para-hydroxylation sites is 1. The minimum absolute atomic E-state index is 0.228. The van der Waals surface area contributed by atoms with Crippen LogP contribution in [0.25, 0.3) is 16.9 Å². The molecule has 2 aromatic heterocycles. The lowest BCUT2D eigenvalue weighted by molar-refractivity contribution is 0.477. The molecule has 0 saturated heterocycles. The van der Waals surface area contributed by atoms with Crippen molar-refractivity contribution in [2.75, 3.05) is 5.32 Å². The van der Waals surface area contributed by atoms with Crippen LogP contribution in [0.1, 0.15) is 16.7 Å². The van der Waals surface area contributed by atoms with E-state index in [-0.39, 0.29) is 5.75 Å². The van der Waals surface area contributed by atoms with Crippen LogP contribution in [0.5, 0.6) is 5.75 Å². The molecular formula is C22H21N3O. The maximum Gasteiger partial charge on any atom is 0.139 e. The van der Waals surface area contributed by atoms with Crippen molar-refractivity contribution in [2.24, 2.45) is 0 Å². The monoisotopic (exact) mass is 343 g/mol. The highest BCUT2D eigenvalue weighted by atomic mass is 16.3. The van der Waals surface area contributed by atoms with Crippen molar-refractivity contribution in [3.05, 3.63) is 83.6 Å². The molecule has 0 radical (unpaired) electrons. The van der Waals surface area contributed by atoms with Gasteiger partial charge in [-0.15, -0.1) is 0 Å². The van der Waals surface area contributed by atoms with E-state index in [2.05, 4.69) is 42.6 Å². The second-order valence-corrected chi connectivity index (χ2v) is 6.60. The Labute approximate surface area is 152 Å². The number of anilines is 1. The van der Waals surface area contributed by atoms with Gasteiger partial charge in [0, 0.05) is 18.3 Å². The Balaban J connectivity index is 1.79. The van der Waals surface area contributed by atoms with Crippen molar-refractivity contribution < 1.29 is 5.11 Å². The number of phenolic OH excluding ortho intramolecular Hbond substituents is 1. The molecular weight excluding hydrogens is 322 g/mol. The molecule has 0 spiro atoms. The van der Waals surface area contributed by atoms with E-state index in [0.29, 0.717) is 6.54 Å². The fourth-order valence-corrected chi connectivity index (χ4v) is 3.07. The van der Waals surface area contributed by atoms with E-state index in [0.717, 1.165) is 28.3 Å². The zero-order valence-electron chi connectivity index (χ0n) is 14.9. The molecule has 0 amide bonds. The van der Waals surface area contributed by atoms with Gasteiger partial charge in [0.2, 0.25) is 0 Å². The van der Waals surface area contributed by atoms with E-state index in [1.165, 1.54) is 11.1 Å². The normalized spacial score (nSPS) is 11.0. The molecule has 130 valence electrons. The molecule has 2 N–H and O–H groups in total. The lowest BCUT2D eigenvalue weighted by Gasteiger charge is -2.10. The van der Waals surface area contributed by atoms with Crippen LogP contribution >= 0.6 is 0 Å². The number of rotatable bonds is 4. The third-order valence-corrected chi connectivity index (χ3v) is 4.52. The number of hydrogen-bond acceptors (Lipinski definition) is 3. The van der Waals surface area contributed by atoms with Gasteiger partial charge in [0.25, 0.3) is 0 Å². The lowest BCUT2D eigenvalue weighted by Crippen LogP contribution is -2.03. The number of benzene rings is 2. The van der Waals surface area contributed by atoms with Gasteiger partial charge >= 0.3 is 0 Å². The van der Waals surface area contributed by atoms with Crippen LogP contribution < -0.4 is 5.32 Å². The Morgan fingerprint density at radius 2 is 1.73 bits per heavy atom. The van der Waals surface area contributed by atoms with Crippen molar-refractivity contribution in [2.45, 2.75) is 20.4 Å². The zero-order valence-corrected chi connectivity index (χ0v) is 14.9. The predicted octanol–water partition coefficient (Wildman–Crippen LogP) is 4.94. The van der Waals surface area contributed by atoms with Crippen LogP contribution in [0, 0.1) is 13.8 Å². The second kappa shape index (κ2) is 6.56. The first-order valence-electron chi connectivity index (χ1n) is 8.68. The number of hydrogen-bond donors (Lipinski definition) is 2. The molecule has 4 aromatic rings. The lowest BCUT2D eigenvalue weighted by atomic mass is 10.1. The summed E-state index contributed by atoms with van der Waals surface area (Å²) in [6.07, 6.45) is 2.01. The minimum atomic E-state index is 0.228. The van der Waals surface area contributed by atoms with E-state index < -0.39 is 0 Å². The number of nitrogens with one attached hydrogen (secondary N) is 1. The first kappa shape index (κ1) is 16.2. The molecule has 0 fully saturated rings. The summed E-state index contributed by atoms with van der Waals surface area (Å²) in [6.45, 7) is 4.82. The Morgan fingerprint density at radius 3 is 2.50 bits per heavy atom. The quantitative estimate of drug-likeness (QED) is 0.552. The van der Waals surface area contributed by atoms with Crippen LogP contribution in [0.15, 0.2) is 66.9 Å². The number of pyridine rings is 1. The van der Waals surface area contributed by atoms with E-state index in [4.69, 9.17) is 4.98 Å². The van der Waals surface area contributed by atoms with E-state index in [9.17, 15) is 5.11 Å². The van der Waals surface area contributed by atoms with Gasteiger partial charge in [-0.3, -0.25) is 4.40 Å². The third-order valence-electron chi connectivity index (χ3n) is 4.52. The van der Waals surface area contributed by atoms with E-state index in [1.807, 2.05) is 41.8 Å². The summed E-state index contributed by atoms with van der Waals surface area (Å²) < 4.78 is 2.03. The van der Waals surface area contributed by atoms with Crippen molar-refractivity contribution >= 4 is 11.5 Å². The van der Waals surface area contributed by atoms with Gasteiger partial charge in [-0.1, -0.05) is 42.0 Å². The van der Waals surface area contributed by atoms with Gasteiger partial charge in [0.05, 0.1) is 0 Å². The number of imidazole rings is 1. The fraction of sp³-hybridized carbons (Fsp3) is 0.136. The minimum Gasteiger partial charge on any atom is -0.507 e. The van der Waals surface area contributed by atoms with E-state index >= 15 is 0 Å². The highest BCUT2D eigenvalue weighted by Crippen LogP contribution is 2.34. The van der Waals surface area contributed by atoms with Crippen molar-refractivity contribution in [3.8, 4) is 17.0 Å². The maximum atomic E-state index is 10.3.